The summed E-state index contributed by atoms with van der Waals surface area (Å²) < 4.78 is 18.7. The Morgan fingerprint density at radius 3 is 2.74 bits per heavy atom. The van der Waals surface area contributed by atoms with Gasteiger partial charge in [-0.15, -0.1) is 0 Å². The molecule has 0 aliphatic rings. The van der Waals surface area contributed by atoms with E-state index in [-0.39, 0.29) is 30.4 Å². The lowest BCUT2D eigenvalue weighted by molar-refractivity contribution is 0.0867. The highest BCUT2D eigenvalue weighted by Gasteiger charge is 2.17. The number of carbonyl (C=O) groups excluding carboxylic acids is 1. The van der Waals surface area contributed by atoms with E-state index < -0.39 is 17.8 Å². The van der Waals surface area contributed by atoms with E-state index in [9.17, 15) is 14.3 Å². The lowest BCUT2D eigenvalue weighted by atomic mass is 10.1. The first-order valence-corrected chi connectivity index (χ1v) is 6.35. The molecule has 1 amide bonds. The van der Waals surface area contributed by atoms with E-state index in [0.29, 0.717) is 0 Å². The second-order valence-electron chi connectivity index (χ2n) is 4.57. The molecule has 4 nitrogen and oxygen atoms in total. The van der Waals surface area contributed by atoms with Gasteiger partial charge in [-0.05, 0) is 25.0 Å². The van der Waals surface area contributed by atoms with Crippen LogP contribution < -0.4 is 10.1 Å². The van der Waals surface area contributed by atoms with Gasteiger partial charge in [0, 0.05) is 6.54 Å². The van der Waals surface area contributed by atoms with Crippen LogP contribution in [0.1, 0.15) is 31.1 Å². The van der Waals surface area contributed by atoms with Gasteiger partial charge >= 0.3 is 0 Å². The Kier molecular flexibility index (Phi) is 5.76. The molecule has 0 radical (unpaired) electrons. The summed E-state index contributed by atoms with van der Waals surface area (Å²) in [7, 11) is 0. The molecule has 0 saturated carbocycles. The SMILES string of the molecule is CCOc1c(F)cccc1C(=O)NCC(O)C(C)C. The van der Waals surface area contributed by atoms with Gasteiger partial charge in [0.1, 0.15) is 0 Å². The molecule has 5 heteroatoms. The van der Waals surface area contributed by atoms with Crippen molar-refractivity contribution in [1.29, 1.82) is 0 Å². The highest BCUT2D eigenvalue weighted by molar-refractivity contribution is 5.97. The van der Waals surface area contributed by atoms with Gasteiger partial charge in [-0.2, -0.15) is 0 Å². The lowest BCUT2D eigenvalue weighted by Crippen LogP contribution is -2.35. The number of para-hydroxylation sites is 1. The summed E-state index contributed by atoms with van der Waals surface area (Å²) >= 11 is 0. The molecular weight excluding hydrogens is 249 g/mol. The Morgan fingerprint density at radius 2 is 2.16 bits per heavy atom. The minimum absolute atomic E-state index is 0.0409. The molecular formula is C14H20FNO3. The molecule has 0 fully saturated rings. The van der Waals surface area contributed by atoms with Crippen molar-refractivity contribution in [3.8, 4) is 5.75 Å². The molecule has 0 heterocycles. The molecule has 19 heavy (non-hydrogen) atoms. The van der Waals surface area contributed by atoms with Crippen molar-refractivity contribution in [2.45, 2.75) is 26.9 Å². The molecule has 0 bridgehead atoms. The van der Waals surface area contributed by atoms with E-state index in [1.165, 1.54) is 18.2 Å². The Morgan fingerprint density at radius 1 is 1.47 bits per heavy atom. The van der Waals surface area contributed by atoms with E-state index in [4.69, 9.17) is 4.74 Å². The molecule has 0 spiro atoms. The summed E-state index contributed by atoms with van der Waals surface area (Å²) in [5, 5.41) is 12.2. The third kappa shape index (κ3) is 4.21. The minimum Gasteiger partial charge on any atom is -0.490 e. The van der Waals surface area contributed by atoms with Crippen molar-refractivity contribution in [2.75, 3.05) is 13.2 Å². The Bertz CT molecular complexity index is 435. The maximum Gasteiger partial charge on any atom is 0.255 e. The predicted molar refractivity (Wildman–Crippen MR) is 70.7 cm³/mol. The molecule has 106 valence electrons. The molecule has 1 atom stereocenters. The number of ether oxygens (including phenoxy) is 1. The van der Waals surface area contributed by atoms with Crippen molar-refractivity contribution in [2.24, 2.45) is 5.92 Å². The monoisotopic (exact) mass is 269 g/mol. The van der Waals surface area contributed by atoms with Crippen molar-refractivity contribution < 1.29 is 19.0 Å². The largest absolute Gasteiger partial charge is 0.490 e. The number of benzene rings is 1. The smallest absolute Gasteiger partial charge is 0.255 e. The van der Waals surface area contributed by atoms with Gasteiger partial charge in [0.15, 0.2) is 11.6 Å². The van der Waals surface area contributed by atoms with Crippen molar-refractivity contribution in [3.05, 3.63) is 29.6 Å². The van der Waals surface area contributed by atoms with Gasteiger partial charge in [-0.3, -0.25) is 4.79 Å². The number of aliphatic hydroxyl groups excluding tert-OH is 1. The van der Waals surface area contributed by atoms with Gasteiger partial charge < -0.3 is 15.2 Å². The summed E-state index contributed by atoms with van der Waals surface area (Å²) in [4.78, 5) is 12.0. The molecule has 1 unspecified atom stereocenters. The van der Waals surface area contributed by atoms with Crippen LogP contribution in [-0.2, 0) is 0 Å². The van der Waals surface area contributed by atoms with Gasteiger partial charge in [0.2, 0.25) is 0 Å². The second-order valence-corrected chi connectivity index (χ2v) is 4.57. The maximum atomic E-state index is 13.6. The molecule has 1 aromatic rings. The summed E-state index contributed by atoms with van der Waals surface area (Å²) in [6.45, 7) is 5.82. The van der Waals surface area contributed by atoms with Crippen LogP contribution in [-0.4, -0.2) is 30.3 Å². The fraction of sp³-hybridized carbons (Fsp3) is 0.500. The summed E-state index contributed by atoms with van der Waals surface area (Å²) in [5.41, 5.74) is 0.137. The highest BCUT2D eigenvalue weighted by Crippen LogP contribution is 2.22. The number of aliphatic hydroxyl groups is 1. The number of halogens is 1. The van der Waals surface area contributed by atoms with Crippen molar-refractivity contribution in [1.82, 2.24) is 5.32 Å². The van der Waals surface area contributed by atoms with Gasteiger partial charge in [0.25, 0.3) is 5.91 Å². The number of hydrogen-bond acceptors (Lipinski definition) is 3. The zero-order valence-corrected chi connectivity index (χ0v) is 11.4. The normalized spacial score (nSPS) is 12.3. The van der Waals surface area contributed by atoms with Crippen LogP contribution in [0.5, 0.6) is 5.75 Å². The summed E-state index contributed by atoms with van der Waals surface area (Å²) in [5.74, 6) is -1.04. The maximum absolute atomic E-state index is 13.6. The van der Waals surface area contributed by atoms with Gasteiger partial charge in [-0.25, -0.2) is 4.39 Å². The molecule has 1 rings (SSSR count). The first-order chi connectivity index (χ1) is 8.97. The predicted octanol–water partition coefficient (Wildman–Crippen LogP) is 1.97. The third-order valence-electron chi connectivity index (χ3n) is 2.74. The topological polar surface area (TPSA) is 58.6 Å². The van der Waals surface area contributed by atoms with Crippen LogP contribution in [0.3, 0.4) is 0 Å². The lowest BCUT2D eigenvalue weighted by Gasteiger charge is -2.16. The van der Waals surface area contributed by atoms with Crippen molar-refractivity contribution in [3.63, 3.8) is 0 Å². The van der Waals surface area contributed by atoms with Crippen LogP contribution >= 0.6 is 0 Å². The Labute approximate surface area is 112 Å². The molecule has 2 N–H and O–H groups in total. The number of hydrogen-bond donors (Lipinski definition) is 2. The first kappa shape index (κ1) is 15.4. The fourth-order valence-electron chi connectivity index (χ4n) is 1.51. The van der Waals surface area contributed by atoms with Gasteiger partial charge in [0.05, 0.1) is 18.3 Å². The molecule has 0 aliphatic heterocycles. The van der Waals surface area contributed by atoms with E-state index in [1.54, 1.807) is 6.92 Å². The second kappa shape index (κ2) is 7.09. The van der Waals surface area contributed by atoms with E-state index in [0.717, 1.165) is 0 Å². The number of rotatable bonds is 6. The zero-order chi connectivity index (χ0) is 14.4. The quantitative estimate of drug-likeness (QED) is 0.830. The van der Waals surface area contributed by atoms with Crippen LogP contribution in [0, 0.1) is 11.7 Å². The average Bonchev–Trinajstić information content (AvgIpc) is 2.37. The third-order valence-corrected chi connectivity index (χ3v) is 2.74. The molecule has 0 saturated heterocycles. The summed E-state index contributed by atoms with van der Waals surface area (Å²) in [6.07, 6.45) is -0.631. The average molecular weight is 269 g/mol. The zero-order valence-electron chi connectivity index (χ0n) is 11.4. The first-order valence-electron chi connectivity index (χ1n) is 6.35. The molecule has 1 aromatic carbocycles. The number of carbonyl (C=O) groups is 1. The highest BCUT2D eigenvalue weighted by atomic mass is 19.1. The van der Waals surface area contributed by atoms with Crippen molar-refractivity contribution >= 4 is 5.91 Å². The Hall–Kier alpha value is -1.62. The van der Waals surface area contributed by atoms with Gasteiger partial charge in [-0.1, -0.05) is 19.9 Å². The summed E-state index contributed by atoms with van der Waals surface area (Å²) in [6, 6.07) is 4.18. The van der Waals surface area contributed by atoms with Crippen LogP contribution in [0.4, 0.5) is 4.39 Å². The van der Waals surface area contributed by atoms with E-state index >= 15 is 0 Å². The van der Waals surface area contributed by atoms with Crippen LogP contribution in [0.2, 0.25) is 0 Å². The minimum atomic E-state index is -0.631. The Balaban J connectivity index is 2.79. The number of nitrogens with one attached hydrogen (secondary N) is 1. The molecule has 0 aromatic heterocycles. The number of amides is 1. The molecule has 0 aliphatic carbocycles. The van der Waals surface area contributed by atoms with Crippen LogP contribution in [0.25, 0.3) is 0 Å². The van der Waals surface area contributed by atoms with E-state index in [2.05, 4.69) is 5.32 Å². The fourth-order valence-corrected chi connectivity index (χ4v) is 1.51. The van der Waals surface area contributed by atoms with E-state index in [1.807, 2.05) is 13.8 Å². The van der Waals surface area contributed by atoms with Crippen LogP contribution in [0.15, 0.2) is 18.2 Å². The standard InChI is InChI=1S/C14H20FNO3/c1-4-19-13-10(6-5-7-11(13)15)14(18)16-8-12(17)9(2)3/h5-7,9,12,17H,4,8H2,1-3H3,(H,16,18).